The molecule has 3 aromatic rings. The molecule has 2 aromatic heterocycles. The molecule has 0 radical (unpaired) electrons. The molecule has 1 fully saturated rings. The van der Waals surface area contributed by atoms with Gasteiger partial charge < -0.3 is 10.6 Å². The molecular formula is C25H28N4O3S2. The average Bonchev–Trinajstić information content (AvgIpc) is 3.09. The first kappa shape index (κ1) is 24.2. The van der Waals surface area contributed by atoms with Crippen LogP contribution in [0.5, 0.6) is 0 Å². The summed E-state index contributed by atoms with van der Waals surface area (Å²) in [6, 6.07) is 9.56. The smallest absolute Gasteiger partial charge is 0.317 e. The number of anilines is 1. The van der Waals surface area contributed by atoms with Gasteiger partial charge in [-0.25, -0.2) is 9.78 Å². The van der Waals surface area contributed by atoms with Crippen LogP contribution in [0.3, 0.4) is 0 Å². The number of aryl methyl sites for hydroxylation is 3. The van der Waals surface area contributed by atoms with Crippen LogP contribution in [0, 0.1) is 20.8 Å². The topological polar surface area (TPSA) is 105 Å². The zero-order valence-electron chi connectivity index (χ0n) is 19.5. The first-order valence-corrected chi connectivity index (χ1v) is 12.8. The first-order chi connectivity index (χ1) is 16.2. The number of urea groups is 1. The van der Waals surface area contributed by atoms with Crippen molar-refractivity contribution in [3.63, 3.8) is 0 Å². The summed E-state index contributed by atoms with van der Waals surface area (Å²) < 4.78 is 0.0127. The number of amides is 3. The zero-order valence-corrected chi connectivity index (χ0v) is 21.1. The normalized spacial score (nSPS) is 16.6. The molecule has 0 atom stereocenters. The average molecular weight is 497 g/mol. The van der Waals surface area contributed by atoms with E-state index in [0.29, 0.717) is 6.42 Å². The SMILES string of the molecule is Cc1ccc2c(C)c(NC(N)=O)sc2n1.Cc1ccc2c(c1)C(=O)CC1(CCN(C=O)CC1)S2. The van der Waals surface area contributed by atoms with Gasteiger partial charge in [0, 0.05) is 45.8 Å². The summed E-state index contributed by atoms with van der Waals surface area (Å²) in [5, 5.41) is 4.44. The molecule has 3 N–H and O–H groups in total. The lowest BCUT2D eigenvalue weighted by Crippen LogP contribution is -2.44. The third-order valence-electron chi connectivity index (χ3n) is 6.28. The van der Waals surface area contributed by atoms with Crippen LogP contribution in [0.15, 0.2) is 35.2 Å². The Hall–Kier alpha value is -2.91. The van der Waals surface area contributed by atoms with E-state index in [2.05, 4.69) is 22.4 Å². The maximum absolute atomic E-state index is 12.4. The molecule has 0 aliphatic carbocycles. The monoisotopic (exact) mass is 496 g/mol. The van der Waals surface area contributed by atoms with E-state index < -0.39 is 6.03 Å². The van der Waals surface area contributed by atoms with Gasteiger partial charge in [-0.05, 0) is 63.4 Å². The van der Waals surface area contributed by atoms with Crippen LogP contribution in [0.2, 0.25) is 0 Å². The predicted octanol–water partition coefficient (Wildman–Crippen LogP) is 5.07. The number of pyridine rings is 1. The van der Waals surface area contributed by atoms with Crippen molar-refractivity contribution < 1.29 is 14.4 Å². The highest BCUT2D eigenvalue weighted by atomic mass is 32.2. The van der Waals surface area contributed by atoms with E-state index >= 15 is 0 Å². The van der Waals surface area contributed by atoms with Gasteiger partial charge in [0.2, 0.25) is 6.41 Å². The second-order valence-corrected chi connectivity index (χ2v) is 11.4. The van der Waals surface area contributed by atoms with E-state index in [4.69, 9.17) is 5.73 Å². The van der Waals surface area contributed by atoms with Crippen LogP contribution in [-0.4, -0.2) is 45.9 Å². The number of carbonyl (C=O) groups is 3. The van der Waals surface area contributed by atoms with Crippen molar-refractivity contribution in [1.82, 2.24) is 9.88 Å². The van der Waals surface area contributed by atoms with E-state index in [0.717, 1.165) is 74.8 Å². The molecule has 1 aromatic carbocycles. The van der Waals surface area contributed by atoms with Gasteiger partial charge in [-0.3, -0.25) is 14.9 Å². The Balaban J connectivity index is 0.000000166. The van der Waals surface area contributed by atoms with Gasteiger partial charge >= 0.3 is 6.03 Å². The molecule has 7 nitrogen and oxygen atoms in total. The fourth-order valence-corrected chi connectivity index (χ4v) is 6.95. The number of nitrogens with one attached hydrogen (secondary N) is 1. The summed E-state index contributed by atoms with van der Waals surface area (Å²) in [7, 11) is 0. The van der Waals surface area contributed by atoms with Crippen LogP contribution >= 0.6 is 23.1 Å². The number of thiophene rings is 1. The van der Waals surface area contributed by atoms with Crippen molar-refractivity contribution in [3.05, 3.63) is 52.7 Å². The molecule has 2 aliphatic rings. The minimum absolute atomic E-state index is 0.0127. The Morgan fingerprint density at radius 2 is 1.91 bits per heavy atom. The van der Waals surface area contributed by atoms with E-state index in [9.17, 15) is 14.4 Å². The number of hydrogen-bond acceptors (Lipinski definition) is 6. The number of Topliss-reactive ketones (excluding diaryl/α,β-unsaturated/α-hetero) is 1. The molecule has 3 amide bonds. The van der Waals surface area contributed by atoms with Gasteiger partial charge in [-0.2, -0.15) is 0 Å². The number of nitrogens with two attached hydrogens (primary N) is 1. The first-order valence-electron chi connectivity index (χ1n) is 11.1. The summed E-state index contributed by atoms with van der Waals surface area (Å²) in [5.74, 6) is 0.261. The molecule has 4 heterocycles. The van der Waals surface area contributed by atoms with Gasteiger partial charge in [-0.15, -0.1) is 11.8 Å². The summed E-state index contributed by atoms with van der Waals surface area (Å²) in [6.07, 6.45) is 3.35. The molecule has 1 spiro atoms. The Morgan fingerprint density at radius 3 is 2.59 bits per heavy atom. The molecule has 0 bridgehead atoms. The Morgan fingerprint density at radius 1 is 1.18 bits per heavy atom. The van der Waals surface area contributed by atoms with Crippen LogP contribution < -0.4 is 11.1 Å². The van der Waals surface area contributed by atoms with E-state index in [1.54, 1.807) is 4.90 Å². The number of ketones is 1. The van der Waals surface area contributed by atoms with Crippen molar-refractivity contribution in [2.45, 2.75) is 49.7 Å². The molecule has 5 rings (SSSR count). The maximum Gasteiger partial charge on any atom is 0.317 e. The molecule has 1 saturated heterocycles. The number of rotatable bonds is 2. The number of hydrogen-bond donors (Lipinski definition) is 2. The Bertz CT molecular complexity index is 1260. The number of nitrogens with zero attached hydrogens (tertiary/aromatic N) is 2. The Kier molecular flexibility index (Phi) is 6.95. The van der Waals surface area contributed by atoms with Gasteiger partial charge in [0.1, 0.15) is 9.83 Å². The number of primary amides is 1. The van der Waals surface area contributed by atoms with Gasteiger partial charge in [0.15, 0.2) is 5.78 Å². The highest BCUT2D eigenvalue weighted by Gasteiger charge is 2.41. The van der Waals surface area contributed by atoms with Crippen LogP contribution in [0.25, 0.3) is 10.2 Å². The highest BCUT2D eigenvalue weighted by molar-refractivity contribution is 8.01. The molecular weight excluding hydrogens is 468 g/mol. The van der Waals surface area contributed by atoms with Gasteiger partial charge in [0.25, 0.3) is 0 Å². The number of fused-ring (bicyclic) bond motifs is 2. The lowest BCUT2D eigenvalue weighted by Gasteiger charge is -2.42. The number of piperidine rings is 1. The summed E-state index contributed by atoms with van der Waals surface area (Å²) >= 11 is 3.29. The van der Waals surface area contributed by atoms with Crippen molar-refractivity contribution >= 4 is 56.5 Å². The fraction of sp³-hybridized carbons (Fsp3) is 0.360. The lowest BCUT2D eigenvalue weighted by atomic mass is 9.88. The Labute approximate surface area is 207 Å². The maximum atomic E-state index is 12.4. The van der Waals surface area contributed by atoms with Crippen LogP contribution in [0.1, 0.15) is 46.4 Å². The second-order valence-electron chi connectivity index (χ2n) is 8.88. The molecule has 178 valence electrons. The fourth-order valence-electron chi connectivity index (χ4n) is 4.35. The van der Waals surface area contributed by atoms with E-state index in [1.165, 1.54) is 11.3 Å². The quantitative estimate of drug-likeness (QED) is 0.482. The number of thioether (sulfide) groups is 1. The second kappa shape index (κ2) is 9.76. The molecule has 9 heteroatoms. The number of benzene rings is 1. The van der Waals surface area contributed by atoms with Crippen LogP contribution in [-0.2, 0) is 4.79 Å². The van der Waals surface area contributed by atoms with Crippen molar-refractivity contribution in [2.24, 2.45) is 5.73 Å². The summed E-state index contributed by atoms with van der Waals surface area (Å²) in [4.78, 5) is 42.1. The van der Waals surface area contributed by atoms with Crippen molar-refractivity contribution in [1.29, 1.82) is 0 Å². The summed E-state index contributed by atoms with van der Waals surface area (Å²) in [6.45, 7) is 7.44. The van der Waals surface area contributed by atoms with E-state index in [-0.39, 0.29) is 10.5 Å². The van der Waals surface area contributed by atoms with Crippen molar-refractivity contribution in [3.8, 4) is 0 Å². The minimum atomic E-state index is -0.540. The van der Waals surface area contributed by atoms with Crippen molar-refractivity contribution in [2.75, 3.05) is 18.4 Å². The molecule has 34 heavy (non-hydrogen) atoms. The van der Waals surface area contributed by atoms with Gasteiger partial charge in [0.05, 0.1) is 0 Å². The number of carbonyl (C=O) groups excluding carboxylic acids is 3. The summed E-state index contributed by atoms with van der Waals surface area (Å²) in [5.41, 5.74) is 9.08. The number of likely N-dealkylation sites (tertiary alicyclic amines) is 1. The lowest BCUT2D eigenvalue weighted by molar-refractivity contribution is -0.119. The minimum Gasteiger partial charge on any atom is -0.351 e. The molecule has 0 saturated carbocycles. The van der Waals surface area contributed by atoms with Gasteiger partial charge in [-0.1, -0.05) is 23.0 Å². The predicted molar refractivity (Wildman–Crippen MR) is 138 cm³/mol. The molecule has 0 unspecified atom stereocenters. The largest absolute Gasteiger partial charge is 0.351 e. The zero-order chi connectivity index (χ0) is 24.5. The highest BCUT2D eigenvalue weighted by Crippen LogP contribution is 2.48. The van der Waals surface area contributed by atoms with Crippen LogP contribution in [0.4, 0.5) is 9.80 Å². The molecule has 2 aliphatic heterocycles. The third kappa shape index (κ3) is 5.10. The van der Waals surface area contributed by atoms with E-state index in [1.807, 2.05) is 50.7 Å². The number of aromatic nitrogens is 1. The standard InChI is InChI=1S/C15H17NO2S.C10H11N3OS/c1-11-2-3-14-12(8-11)13(18)9-15(19-14)4-6-16(10-17)7-5-15;1-5-3-4-7-6(2)8(13-10(11)14)15-9(7)12-5/h2-3,8,10H,4-7,9H2,1H3;3-4H,1-2H3,(H3,11,13,14). The third-order valence-corrected chi connectivity index (χ3v) is 8.96.